The van der Waals surface area contributed by atoms with Crippen molar-refractivity contribution in [2.75, 3.05) is 19.4 Å². The van der Waals surface area contributed by atoms with Crippen LogP contribution in [-0.2, 0) is 14.8 Å². The molecule has 0 radical (unpaired) electrons. The van der Waals surface area contributed by atoms with Crippen molar-refractivity contribution in [1.29, 1.82) is 0 Å². The molecule has 140 valence electrons. The molecular weight excluding hydrogens is 346 g/mol. The number of ether oxygens (including phenoxy) is 1. The largest absolute Gasteiger partial charge is 0.504 e. The van der Waals surface area contributed by atoms with Crippen LogP contribution in [0.1, 0.15) is 38.2 Å². The Hall–Kier alpha value is -2.13. The van der Waals surface area contributed by atoms with Gasteiger partial charge in [-0.15, -0.1) is 0 Å². The molecule has 0 aliphatic carbocycles. The minimum Gasteiger partial charge on any atom is -0.504 e. The maximum Gasteiger partial charge on any atom is 0.255 e. The summed E-state index contributed by atoms with van der Waals surface area (Å²) in [6, 6.07) is 4.57. The number of sulfonamides is 1. The van der Waals surface area contributed by atoms with Crippen LogP contribution in [0, 0.1) is 0 Å². The van der Waals surface area contributed by atoms with Gasteiger partial charge in [0.2, 0.25) is 10.0 Å². The fourth-order valence-corrected chi connectivity index (χ4v) is 3.04. The third-order valence-electron chi connectivity index (χ3n) is 3.33. The predicted molar refractivity (Wildman–Crippen MR) is 96.3 cm³/mol. The SMILES string of the molecule is CCCCCCS(=O)(=O)NCC(=O)N/N=C/c1ccc(O)c(OC)c1. The zero-order valence-corrected chi connectivity index (χ0v) is 15.3. The highest BCUT2D eigenvalue weighted by atomic mass is 32.2. The van der Waals surface area contributed by atoms with Crippen molar-refractivity contribution in [2.24, 2.45) is 5.10 Å². The zero-order valence-electron chi connectivity index (χ0n) is 14.5. The number of hydrogen-bond donors (Lipinski definition) is 3. The molecule has 0 saturated heterocycles. The van der Waals surface area contributed by atoms with Gasteiger partial charge in [-0.1, -0.05) is 26.2 Å². The van der Waals surface area contributed by atoms with Crippen molar-refractivity contribution in [1.82, 2.24) is 10.1 Å². The van der Waals surface area contributed by atoms with Gasteiger partial charge in [0.05, 0.1) is 25.6 Å². The number of benzene rings is 1. The van der Waals surface area contributed by atoms with Gasteiger partial charge in [-0.3, -0.25) is 4.79 Å². The summed E-state index contributed by atoms with van der Waals surface area (Å²) in [5.74, 6) is -0.279. The number of phenolic OH excluding ortho intramolecular Hbond substituents is 1. The number of phenols is 1. The maximum atomic E-state index is 11.7. The van der Waals surface area contributed by atoms with Crippen molar-refractivity contribution in [3.05, 3.63) is 23.8 Å². The lowest BCUT2D eigenvalue weighted by Crippen LogP contribution is -2.36. The Morgan fingerprint density at radius 2 is 2.08 bits per heavy atom. The normalized spacial score (nSPS) is 11.6. The number of nitrogens with zero attached hydrogens (tertiary/aromatic N) is 1. The summed E-state index contributed by atoms with van der Waals surface area (Å²) in [6.45, 7) is 1.68. The summed E-state index contributed by atoms with van der Waals surface area (Å²) in [6.07, 6.45) is 4.81. The molecule has 25 heavy (non-hydrogen) atoms. The highest BCUT2D eigenvalue weighted by Crippen LogP contribution is 2.25. The van der Waals surface area contributed by atoms with Crippen molar-refractivity contribution >= 4 is 22.1 Å². The lowest BCUT2D eigenvalue weighted by atomic mass is 10.2. The molecule has 1 aromatic rings. The number of hydrogen-bond acceptors (Lipinski definition) is 6. The van der Waals surface area contributed by atoms with E-state index in [4.69, 9.17) is 4.74 Å². The lowest BCUT2D eigenvalue weighted by Gasteiger charge is -2.06. The molecule has 0 heterocycles. The van der Waals surface area contributed by atoms with E-state index in [0.29, 0.717) is 12.0 Å². The van der Waals surface area contributed by atoms with E-state index in [1.54, 1.807) is 12.1 Å². The first-order valence-corrected chi connectivity index (χ1v) is 9.69. The van der Waals surface area contributed by atoms with E-state index in [1.165, 1.54) is 19.4 Å². The van der Waals surface area contributed by atoms with Crippen molar-refractivity contribution in [2.45, 2.75) is 32.6 Å². The number of carbonyl (C=O) groups excluding carboxylic acids is 1. The van der Waals surface area contributed by atoms with Crippen LogP contribution in [0.25, 0.3) is 0 Å². The summed E-state index contributed by atoms with van der Waals surface area (Å²) in [4.78, 5) is 11.6. The quantitative estimate of drug-likeness (QED) is 0.308. The molecule has 8 nitrogen and oxygen atoms in total. The van der Waals surface area contributed by atoms with Gasteiger partial charge >= 0.3 is 0 Å². The first kappa shape index (κ1) is 20.9. The number of methoxy groups -OCH3 is 1. The molecule has 0 spiro atoms. The Labute approximate surface area is 148 Å². The summed E-state index contributed by atoms with van der Waals surface area (Å²) in [5, 5.41) is 13.2. The van der Waals surface area contributed by atoms with Crippen LogP contribution >= 0.6 is 0 Å². The Bertz CT molecular complexity index is 689. The number of rotatable bonds is 11. The monoisotopic (exact) mass is 371 g/mol. The third-order valence-corrected chi connectivity index (χ3v) is 4.74. The first-order valence-electron chi connectivity index (χ1n) is 8.04. The molecule has 1 aromatic carbocycles. The maximum absolute atomic E-state index is 11.7. The van der Waals surface area contributed by atoms with Crippen LogP contribution in [0.15, 0.2) is 23.3 Å². The Morgan fingerprint density at radius 1 is 1.32 bits per heavy atom. The summed E-state index contributed by atoms with van der Waals surface area (Å²) in [5.41, 5.74) is 2.84. The van der Waals surface area contributed by atoms with Crippen LogP contribution in [0.5, 0.6) is 11.5 Å². The van der Waals surface area contributed by atoms with Crippen molar-refractivity contribution in [3.8, 4) is 11.5 Å². The molecule has 0 aromatic heterocycles. The van der Waals surface area contributed by atoms with Gasteiger partial charge in [0, 0.05) is 0 Å². The van der Waals surface area contributed by atoms with Crippen LogP contribution in [0.4, 0.5) is 0 Å². The van der Waals surface area contributed by atoms with Crippen LogP contribution < -0.4 is 14.9 Å². The number of aromatic hydroxyl groups is 1. The van der Waals surface area contributed by atoms with Crippen molar-refractivity contribution < 1.29 is 23.1 Å². The summed E-state index contributed by atoms with van der Waals surface area (Å²) < 4.78 is 30.7. The van der Waals surface area contributed by atoms with Crippen LogP contribution in [0.2, 0.25) is 0 Å². The molecule has 1 amide bonds. The molecule has 9 heteroatoms. The second kappa shape index (κ2) is 10.7. The molecule has 1 rings (SSSR count). The summed E-state index contributed by atoms with van der Waals surface area (Å²) in [7, 11) is -2.03. The number of nitrogens with one attached hydrogen (secondary N) is 2. The predicted octanol–water partition coefficient (Wildman–Crippen LogP) is 1.35. The van der Waals surface area contributed by atoms with E-state index in [1.807, 2.05) is 6.92 Å². The average molecular weight is 371 g/mol. The summed E-state index contributed by atoms with van der Waals surface area (Å²) >= 11 is 0. The molecule has 0 saturated carbocycles. The van der Waals surface area contributed by atoms with Crippen LogP contribution in [-0.4, -0.2) is 45.1 Å². The highest BCUT2D eigenvalue weighted by molar-refractivity contribution is 7.89. The number of unbranched alkanes of at least 4 members (excludes halogenated alkanes) is 3. The lowest BCUT2D eigenvalue weighted by molar-refractivity contribution is -0.119. The van der Waals surface area contributed by atoms with Crippen molar-refractivity contribution in [3.63, 3.8) is 0 Å². The van der Waals surface area contributed by atoms with Gasteiger partial charge in [-0.2, -0.15) is 5.10 Å². The second-order valence-corrected chi connectivity index (χ2v) is 7.35. The smallest absolute Gasteiger partial charge is 0.255 e. The molecule has 0 aliphatic rings. The Morgan fingerprint density at radius 3 is 2.76 bits per heavy atom. The molecule has 0 fully saturated rings. The van der Waals surface area contributed by atoms with Gasteiger partial charge in [0.25, 0.3) is 5.91 Å². The first-order chi connectivity index (χ1) is 11.9. The minimum atomic E-state index is -3.46. The molecular formula is C16H25N3O5S. The van der Waals surface area contributed by atoms with E-state index in [2.05, 4.69) is 15.2 Å². The van der Waals surface area contributed by atoms with E-state index in [0.717, 1.165) is 19.3 Å². The standard InChI is InChI=1S/C16H25N3O5S/c1-3-4-5-6-9-25(22,23)18-12-16(21)19-17-11-13-7-8-14(20)15(10-13)24-2/h7-8,10-11,18,20H,3-6,9,12H2,1-2H3,(H,19,21)/b17-11+. The van der Waals surface area contributed by atoms with E-state index in [9.17, 15) is 18.3 Å². The van der Waals surface area contributed by atoms with E-state index < -0.39 is 15.9 Å². The molecule has 0 unspecified atom stereocenters. The molecule has 0 atom stereocenters. The van der Waals surface area contributed by atoms with Gasteiger partial charge < -0.3 is 9.84 Å². The van der Waals surface area contributed by atoms with Gasteiger partial charge in [0.1, 0.15) is 0 Å². The molecule has 0 aliphatic heterocycles. The zero-order chi connectivity index (χ0) is 18.7. The fourth-order valence-electron chi connectivity index (χ4n) is 1.96. The second-order valence-electron chi connectivity index (χ2n) is 5.43. The number of amides is 1. The Balaban J connectivity index is 2.39. The Kier molecular flexibility index (Phi) is 8.93. The number of carbonyl (C=O) groups is 1. The molecule has 0 bridgehead atoms. The van der Waals surface area contributed by atoms with E-state index >= 15 is 0 Å². The van der Waals surface area contributed by atoms with E-state index in [-0.39, 0.29) is 23.8 Å². The average Bonchev–Trinajstić information content (AvgIpc) is 2.58. The number of hydrazone groups is 1. The third kappa shape index (κ3) is 8.50. The fraction of sp³-hybridized carbons (Fsp3) is 0.500. The van der Waals surface area contributed by atoms with Gasteiger partial charge in [0.15, 0.2) is 11.5 Å². The van der Waals surface area contributed by atoms with Crippen LogP contribution in [0.3, 0.4) is 0 Å². The molecule has 3 N–H and O–H groups in total. The van der Waals surface area contributed by atoms with Gasteiger partial charge in [-0.25, -0.2) is 18.6 Å². The van der Waals surface area contributed by atoms with Gasteiger partial charge in [-0.05, 0) is 30.2 Å². The topological polar surface area (TPSA) is 117 Å². The highest BCUT2D eigenvalue weighted by Gasteiger charge is 2.11. The minimum absolute atomic E-state index is 0.00275.